The number of aromatic nitrogens is 1. The van der Waals surface area contributed by atoms with E-state index in [9.17, 15) is 0 Å². The molecule has 1 aromatic heterocycles. The first-order valence-electron chi connectivity index (χ1n) is 12.5. The first-order chi connectivity index (χ1) is 16.4. The lowest BCUT2D eigenvalue weighted by Crippen LogP contribution is -2.35. The van der Waals surface area contributed by atoms with Crippen molar-refractivity contribution in [1.82, 2.24) is 4.98 Å². The minimum atomic E-state index is 0.209. The smallest absolute Gasteiger partial charge is 0.125 e. The fourth-order valence-corrected chi connectivity index (χ4v) is 7.44. The standard InChI is InChI=1S/C32H29NS/c1-5-32(4)17-16-31(2,3)24-18-20-12-13-21-22(30-33-25-8-6-7-9-26(25)34-30)14-10-19-11-15-23(29(24)32)28(20)27(19)21/h6-15,18H,5,16-17H2,1-4H3. The number of benzene rings is 5. The van der Waals surface area contributed by atoms with Gasteiger partial charge in [-0.2, -0.15) is 0 Å². The first kappa shape index (κ1) is 20.4. The Balaban J connectivity index is 1.61. The summed E-state index contributed by atoms with van der Waals surface area (Å²) >= 11 is 1.80. The van der Waals surface area contributed by atoms with E-state index in [1.54, 1.807) is 22.5 Å². The summed E-state index contributed by atoms with van der Waals surface area (Å²) in [7, 11) is 0. The van der Waals surface area contributed by atoms with E-state index in [4.69, 9.17) is 4.98 Å². The maximum absolute atomic E-state index is 5.01. The molecule has 1 heterocycles. The summed E-state index contributed by atoms with van der Waals surface area (Å²) in [6, 6.07) is 25.0. The SMILES string of the molecule is CCC1(C)CCC(C)(C)c2cc3ccc4c(-c5nc6ccccc6s5)ccc5ccc(c21)c3c54. The van der Waals surface area contributed by atoms with Crippen molar-refractivity contribution < 1.29 is 0 Å². The lowest BCUT2D eigenvalue weighted by Gasteiger charge is -2.44. The highest BCUT2D eigenvalue weighted by Gasteiger charge is 2.40. The second-order valence-corrected chi connectivity index (χ2v) is 12.2. The number of fused-ring (bicyclic) bond motifs is 3. The molecule has 0 fully saturated rings. The Kier molecular flexibility index (Phi) is 4.08. The lowest BCUT2D eigenvalue weighted by molar-refractivity contribution is 0.308. The monoisotopic (exact) mass is 459 g/mol. The van der Waals surface area contributed by atoms with Crippen LogP contribution in [-0.2, 0) is 10.8 Å². The second-order valence-electron chi connectivity index (χ2n) is 11.1. The second kappa shape index (κ2) is 6.79. The highest BCUT2D eigenvalue weighted by Crippen LogP contribution is 2.52. The molecule has 1 unspecified atom stereocenters. The summed E-state index contributed by atoms with van der Waals surface area (Å²) in [6.45, 7) is 9.73. The van der Waals surface area contributed by atoms with E-state index in [2.05, 4.69) is 94.4 Å². The van der Waals surface area contributed by atoms with Crippen LogP contribution in [0.4, 0.5) is 0 Å². The van der Waals surface area contributed by atoms with Crippen molar-refractivity contribution in [2.24, 2.45) is 0 Å². The van der Waals surface area contributed by atoms with E-state index in [-0.39, 0.29) is 10.8 Å². The van der Waals surface area contributed by atoms with Gasteiger partial charge in [0.1, 0.15) is 5.01 Å². The number of thiazole rings is 1. The van der Waals surface area contributed by atoms with Gasteiger partial charge in [0.25, 0.3) is 0 Å². The van der Waals surface area contributed by atoms with Crippen molar-refractivity contribution in [1.29, 1.82) is 0 Å². The van der Waals surface area contributed by atoms with Crippen molar-refractivity contribution in [3.8, 4) is 10.6 Å². The van der Waals surface area contributed by atoms with Crippen LogP contribution in [-0.4, -0.2) is 4.98 Å². The van der Waals surface area contributed by atoms with Crippen molar-refractivity contribution >= 4 is 53.9 Å². The maximum atomic E-state index is 5.01. The molecule has 1 aliphatic carbocycles. The average Bonchev–Trinajstić information content (AvgIpc) is 3.28. The van der Waals surface area contributed by atoms with Crippen molar-refractivity contribution in [2.75, 3.05) is 0 Å². The number of hydrogen-bond acceptors (Lipinski definition) is 2. The molecule has 1 aliphatic rings. The number of rotatable bonds is 2. The third kappa shape index (κ3) is 2.64. The Morgan fingerprint density at radius 1 is 0.824 bits per heavy atom. The van der Waals surface area contributed by atoms with Crippen LogP contribution >= 0.6 is 11.3 Å². The van der Waals surface area contributed by atoms with E-state index < -0.39 is 0 Å². The van der Waals surface area contributed by atoms with Crippen LogP contribution in [0.15, 0.2) is 66.7 Å². The van der Waals surface area contributed by atoms with Gasteiger partial charge in [0.2, 0.25) is 0 Å². The fourth-order valence-electron chi connectivity index (χ4n) is 6.44. The predicted octanol–water partition coefficient (Wildman–Crippen LogP) is 9.60. The van der Waals surface area contributed by atoms with E-state index >= 15 is 0 Å². The van der Waals surface area contributed by atoms with Crippen LogP contribution in [0.1, 0.15) is 58.1 Å². The van der Waals surface area contributed by atoms with Crippen LogP contribution in [0, 0.1) is 0 Å². The van der Waals surface area contributed by atoms with Crippen molar-refractivity contribution in [3.05, 3.63) is 77.9 Å². The van der Waals surface area contributed by atoms with Gasteiger partial charge in [-0.05, 0) is 85.7 Å². The molecule has 168 valence electrons. The summed E-state index contributed by atoms with van der Waals surface area (Å²) < 4.78 is 1.25. The fraction of sp³-hybridized carbons (Fsp3) is 0.281. The molecule has 5 aromatic carbocycles. The molecule has 1 nitrogen and oxygen atoms in total. The summed E-state index contributed by atoms with van der Waals surface area (Å²) in [5, 5.41) is 9.44. The molecule has 0 saturated heterocycles. The van der Waals surface area contributed by atoms with E-state index in [1.807, 2.05) is 0 Å². The molecule has 0 spiro atoms. The van der Waals surface area contributed by atoms with Crippen LogP contribution in [0.2, 0.25) is 0 Å². The topological polar surface area (TPSA) is 12.9 Å². The summed E-state index contributed by atoms with van der Waals surface area (Å²) in [5.41, 5.74) is 5.92. The van der Waals surface area contributed by atoms with Gasteiger partial charge in [-0.3, -0.25) is 0 Å². The predicted molar refractivity (Wildman–Crippen MR) is 149 cm³/mol. The van der Waals surface area contributed by atoms with Gasteiger partial charge in [0.05, 0.1) is 10.2 Å². The minimum Gasteiger partial charge on any atom is -0.236 e. The molecule has 0 aliphatic heterocycles. The Bertz CT molecular complexity index is 1700. The van der Waals surface area contributed by atoms with Crippen molar-refractivity contribution in [2.45, 2.75) is 57.8 Å². The Labute approximate surface area is 204 Å². The molecule has 6 aromatic rings. The van der Waals surface area contributed by atoms with Gasteiger partial charge in [0, 0.05) is 5.56 Å². The van der Waals surface area contributed by atoms with Crippen LogP contribution in [0.25, 0.3) is 53.1 Å². The molecular formula is C32H29NS. The first-order valence-corrected chi connectivity index (χ1v) is 13.3. The molecule has 0 bridgehead atoms. The molecule has 0 saturated carbocycles. The average molecular weight is 460 g/mol. The number of nitrogens with zero attached hydrogens (tertiary/aromatic N) is 1. The molecule has 0 N–H and O–H groups in total. The van der Waals surface area contributed by atoms with E-state index in [0.29, 0.717) is 0 Å². The quantitative estimate of drug-likeness (QED) is 0.235. The van der Waals surface area contributed by atoms with Gasteiger partial charge in [-0.15, -0.1) is 11.3 Å². The van der Waals surface area contributed by atoms with Crippen LogP contribution in [0.5, 0.6) is 0 Å². The number of para-hydroxylation sites is 1. The third-order valence-electron chi connectivity index (χ3n) is 8.72. The zero-order chi connectivity index (χ0) is 23.2. The Morgan fingerprint density at radius 2 is 1.56 bits per heavy atom. The summed E-state index contributed by atoms with van der Waals surface area (Å²) in [4.78, 5) is 5.01. The number of hydrogen-bond donors (Lipinski definition) is 0. The van der Waals surface area contributed by atoms with Crippen molar-refractivity contribution in [3.63, 3.8) is 0 Å². The molecule has 34 heavy (non-hydrogen) atoms. The van der Waals surface area contributed by atoms with Gasteiger partial charge < -0.3 is 0 Å². The molecular weight excluding hydrogens is 430 g/mol. The zero-order valence-corrected chi connectivity index (χ0v) is 21.1. The molecule has 2 heteroatoms. The molecule has 0 amide bonds. The van der Waals surface area contributed by atoms with Gasteiger partial charge in [-0.1, -0.05) is 82.3 Å². The molecule has 0 radical (unpaired) electrons. The highest BCUT2D eigenvalue weighted by molar-refractivity contribution is 7.21. The molecule has 1 atom stereocenters. The normalized spacial score (nSPS) is 20.0. The third-order valence-corrected chi connectivity index (χ3v) is 9.79. The summed E-state index contributed by atoms with van der Waals surface area (Å²) in [6.07, 6.45) is 3.68. The Hall–Kier alpha value is -2.97. The highest BCUT2D eigenvalue weighted by atomic mass is 32.1. The molecule has 7 rings (SSSR count). The van der Waals surface area contributed by atoms with E-state index in [0.717, 1.165) is 10.5 Å². The van der Waals surface area contributed by atoms with Crippen LogP contribution in [0.3, 0.4) is 0 Å². The van der Waals surface area contributed by atoms with Crippen LogP contribution < -0.4 is 0 Å². The zero-order valence-electron chi connectivity index (χ0n) is 20.3. The maximum Gasteiger partial charge on any atom is 0.125 e. The Morgan fingerprint density at radius 3 is 2.38 bits per heavy atom. The summed E-state index contributed by atoms with van der Waals surface area (Å²) in [5.74, 6) is 0. The van der Waals surface area contributed by atoms with E-state index in [1.165, 1.54) is 61.8 Å². The minimum absolute atomic E-state index is 0.209. The lowest BCUT2D eigenvalue weighted by atomic mass is 9.60. The van der Waals surface area contributed by atoms with Gasteiger partial charge in [-0.25, -0.2) is 4.98 Å². The largest absolute Gasteiger partial charge is 0.236 e. The van der Waals surface area contributed by atoms with Gasteiger partial charge in [0.15, 0.2) is 0 Å². The van der Waals surface area contributed by atoms with Gasteiger partial charge >= 0.3 is 0 Å².